The molecule has 0 N–H and O–H groups in total. The minimum Gasteiger partial charge on any atom is -0.454 e. The summed E-state index contributed by atoms with van der Waals surface area (Å²) in [5.74, 6) is 1.22. The van der Waals surface area contributed by atoms with Crippen LogP contribution in [0.3, 0.4) is 0 Å². The largest absolute Gasteiger partial charge is 0.454 e. The second-order valence-corrected chi connectivity index (χ2v) is 7.19. The van der Waals surface area contributed by atoms with Crippen molar-refractivity contribution in [3.05, 3.63) is 53.9 Å². The number of hydrogen-bond acceptors (Lipinski definition) is 5. The Balaban J connectivity index is 1.27. The number of urea groups is 1. The molecule has 0 bridgehead atoms. The van der Waals surface area contributed by atoms with E-state index in [1.807, 2.05) is 26.8 Å². The molecule has 0 radical (unpaired) electrons. The molecule has 1 aromatic heterocycles. The van der Waals surface area contributed by atoms with E-state index >= 15 is 0 Å². The van der Waals surface area contributed by atoms with Gasteiger partial charge in [0.2, 0.25) is 6.79 Å². The molecule has 8 nitrogen and oxygen atoms in total. The Morgan fingerprint density at radius 2 is 2.04 bits per heavy atom. The number of hydrogen-bond donors (Lipinski definition) is 0. The molecular formula is C20H20N4O4. The molecule has 5 rings (SSSR count). The van der Waals surface area contributed by atoms with E-state index in [4.69, 9.17) is 9.47 Å². The maximum Gasteiger partial charge on any atom is 0.320 e. The lowest BCUT2D eigenvalue weighted by molar-refractivity contribution is 0.0616. The smallest absolute Gasteiger partial charge is 0.320 e. The highest BCUT2D eigenvalue weighted by Crippen LogP contribution is 2.33. The van der Waals surface area contributed by atoms with E-state index in [1.165, 1.54) is 0 Å². The second kappa shape index (κ2) is 6.70. The van der Waals surface area contributed by atoms with Crippen LogP contribution in [0.25, 0.3) is 0 Å². The molecule has 3 amide bonds. The van der Waals surface area contributed by atoms with E-state index in [-0.39, 0.29) is 24.8 Å². The fraction of sp³-hybridized carbons (Fsp3) is 0.350. The molecule has 144 valence electrons. The quantitative estimate of drug-likeness (QED) is 0.808. The number of pyridine rings is 1. The third-order valence-corrected chi connectivity index (χ3v) is 5.43. The van der Waals surface area contributed by atoms with Gasteiger partial charge >= 0.3 is 6.03 Å². The van der Waals surface area contributed by atoms with Gasteiger partial charge in [0.15, 0.2) is 11.5 Å². The lowest BCUT2D eigenvalue weighted by atomic mass is 10.1. The monoisotopic (exact) mass is 380 g/mol. The van der Waals surface area contributed by atoms with Crippen molar-refractivity contribution in [1.82, 2.24) is 19.7 Å². The molecule has 2 saturated heterocycles. The van der Waals surface area contributed by atoms with Crippen molar-refractivity contribution in [3.8, 4) is 11.5 Å². The lowest BCUT2D eigenvalue weighted by Crippen LogP contribution is -2.53. The highest BCUT2D eigenvalue weighted by molar-refractivity contribution is 5.95. The molecule has 8 heteroatoms. The van der Waals surface area contributed by atoms with Crippen LogP contribution in [-0.2, 0) is 6.54 Å². The van der Waals surface area contributed by atoms with Crippen LogP contribution in [0, 0.1) is 0 Å². The molecule has 1 unspecified atom stereocenters. The van der Waals surface area contributed by atoms with Gasteiger partial charge in [-0.15, -0.1) is 0 Å². The number of fused-ring (bicyclic) bond motifs is 2. The fourth-order valence-corrected chi connectivity index (χ4v) is 4.02. The molecule has 0 saturated carbocycles. The van der Waals surface area contributed by atoms with E-state index < -0.39 is 0 Å². The highest BCUT2D eigenvalue weighted by Gasteiger charge is 2.41. The van der Waals surface area contributed by atoms with Gasteiger partial charge in [-0.3, -0.25) is 9.78 Å². The molecule has 3 aliphatic heterocycles. The van der Waals surface area contributed by atoms with E-state index in [0.29, 0.717) is 49.8 Å². The lowest BCUT2D eigenvalue weighted by Gasteiger charge is -2.36. The zero-order chi connectivity index (χ0) is 19.1. The van der Waals surface area contributed by atoms with Crippen LogP contribution >= 0.6 is 0 Å². The molecule has 3 aliphatic rings. The van der Waals surface area contributed by atoms with Crippen molar-refractivity contribution in [2.24, 2.45) is 0 Å². The van der Waals surface area contributed by atoms with Crippen molar-refractivity contribution in [2.75, 3.05) is 33.0 Å². The minimum absolute atomic E-state index is 0.0101. The number of piperazine rings is 1. The number of aromatic nitrogens is 1. The molecule has 2 aromatic rings. The first-order valence-electron chi connectivity index (χ1n) is 9.32. The Morgan fingerprint density at radius 1 is 1.14 bits per heavy atom. The van der Waals surface area contributed by atoms with Crippen molar-refractivity contribution >= 4 is 11.9 Å². The minimum atomic E-state index is -0.0453. The van der Waals surface area contributed by atoms with Gasteiger partial charge in [-0.1, -0.05) is 6.07 Å². The summed E-state index contributed by atoms with van der Waals surface area (Å²) in [5.41, 5.74) is 1.58. The van der Waals surface area contributed by atoms with E-state index in [9.17, 15) is 9.59 Å². The summed E-state index contributed by atoms with van der Waals surface area (Å²) in [6, 6.07) is 9.13. The Kier molecular flexibility index (Phi) is 4.03. The van der Waals surface area contributed by atoms with Crippen LogP contribution in [0.4, 0.5) is 4.79 Å². The third kappa shape index (κ3) is 2.90. The van der Waals surface area contributed by atoms with Crippen molar-refractivity contribution in [2.45, 2.75) is 12.6 Å². The second-order valence-electron chi connectivity index (χ2n) is 7.19. The number of carbonyl (C=O) groups is 2. The first-order chi connectivity index (χ1) is 13.7. The molecular weight excluding hydrogens is 360 g/mol. The van der Waals surface area contributed by atoms with Crippen molar-refractivity contribution in [3.63, 3.8) is 0 Å². The van der Waals surface area contributed by atoms with Crippen LogP contribution in [0.1, 0.15) is 15.9 Å². The number of ether oxygens (including phenoxy) is 2. The number of amides is 3. The Bertz CT molecular complexity index is 920. The molecule has 2 fully saturated rings. The van der Waals surface area contributed by atoms with Crippen LogP contribution in [-0.4, -0.2) is 70.6 Å². The molecule has 1 aromatic carbocycles. The summed E-state index contributed by atoms with van der Waals surface area (Å²) >= 11 is 0. The Labute approximate surface area is 162 Å². The van der Waals surface area contributed by atoms with Gasteiger partial charge in [-0.2, -0.15) is 0 Å². The summed E-state index contributed by atoms with van der Waals surface area (Å²) in [5, 5.41) is 0. The van der Waals surface area contributed by atoms with Crippen molar-refractivity contribution < 1.29 is 19.1 Å². The van der Waals surface area contributed by atoms with Gasteiger partial charge < -0.3 is 24.2 Å². The molecule has 1 atom stereocenters. The average Bonchev–Trinajstić information content (AvgIpc) is 3.32. The van der Waals surface area contributed by atoms with Gasteiger partial charge in [-0.25, -0.2) is 4.79 Å². The van der Waals surface area contributed by atoms with E-state index in [1.54, 1.807) is 30.6 Å². The van der Waals surface area contributed by atoms with Crippen LogP contribution in [0.5, 0.6) is 11.5 Å². The van der Waals surface area contributed by atoms with Gasteiger partial charge in [-0.05, 0) is 29.8 Å². The summed E-state index contributed by atoms with van der Waals surface area (Å²) < 4.78 is 10.7. The highest BCUT2D eigenvalue weighted by atomic mass is 16.7. The summed E-state index contributed by atoms with van der Waals surface area (Å²) in [4.78, 5) is 35.3. The standard InChI is InChI=1S/C20H20N4O4/c25-19(15-3-4-17-18(8-15)28-13-27-17)22-6-7-24-16(11-22)12-23(20(24)26)10-14-2-1-5-21-9-14/h1-5,8-9,16H,6-7,10-13H2. The maximum atomic E-state index is 12.9. The van der Waals surface area contributed by atoms with Gasteiger partial charge in [0, 0.05) is 50.7 Å². The third-order valence-electron chi connectivity index (χ3n) is 5.43. The predicted molar refractivity (Wildman–Crippen MR) is 99.0 cm³/mol. The number of rotatable bonds is 3. The zero-order valence-corrected chi connectivity index (χ0v) is 15.3. The van der Waals surface area contributed by atoms with Crippen LogP contribution in [0.15, 0.2) is 42.7 Å². The van der Waals surface area contributed by atoms with Gasteiger partial charge in [0.05, 0.1) is 6.04 Å². The first kappa shape index (κ1) is 16.9. The number of carbonyl (C=O) groups excluding carboxylic acids is 2. The van der Waals surface area contributed by atoms with Gasteiger partial charge in [0.1, 0.15) is 0 Å². The van der Waals surface area contributed by atoms with Crippen LogP contribution < -0.4 is 9.47 Å². The summed E-state index contributed by atoms with van der Waals surface area (Å²) in [6.07, 6.45) is 3.50. The molecule has 28 heavy (non-hydrogen) atoms. The Morgan fingerprint density at radius 3 is 2.89 bits per heavy atom. The molecule has 0 aliphatic carbocycles. The van der Waals surface area contributed by atoms with E-state index in [2.05, 4.69) is 4.98 Å². The Hall–Kier alpha value is -3.29. The summed E-state index contributed by atoms with van der Waals surface area (Å²) in [7, 11) is 0. The number of benzene rings is 1. The fourth-order valence-electron chi connectivity index (χ4n) is 4.02. The van der Waals surface area contributed by atoms with E-state index in [0.717, 1.165) is 5.56 Å². The SMILES string of the molecule is O=C(c1ccc2c(c1)OCO2)N1CCN2C(=O)N(Cc3cccnc3)CC2C1. The maximum absolute atomic E-state index is 12.9. The molecule has 0 spiro atoms. The zero-order valence-electron chi connectivity index (χ0n) is 15.3. The summed E-state index contributed by atoms with van der Waals surface area (Å²) in [6.45, 7) is 2.93. The van der Waals surface area contributed by atoms with Crippen LogP contribution in [0.2, 0.25) is 0 Å². The van der Waals surface area contributed by atoms with Crippen molar-refractivity contribution in [1.29, 1.82) is 0 Å². The average molecular weight is 380 g/mol. The predicted octanol–water partition coefficient (Wildman–Crippen LogP) is 1.57. The molecule has 4 heterocycles. The topological polar surface area (TPSA) is 75.2 Å². The van der Waals surface area contributed by atoms with Gasteiger partial charge in [0.25, 0.3) is 5.91 Å². The first-order valence-corrected chi connectivity index (χ1v) is 9.32. The normalized spacial score (nSPS) is 20.5. The number of nitrogens with zero attached hydrogens (tertiary/aromatic N) is 4.